The molecule has 1 aromatic carbocycles. The molecule has 0 atom stereocenters. The smallest absolute Gasteiger partial charge is 0.0233 e. The first-order valence-corrected chi connectivity index (χ1v) is 7.81. The summed E-state index contributed by atoms with van der Waals surface area (Å²) in [4.78, 5) is 2.55. The van der Waals surface area contributed by atoms with Gasteiger partial charge in [0.25, 0.3) is 0 Å². The highest BCUT2D eigenvalue weighted by Crippen LogP contribution is 2.08. The predicted octanol–water partition coefficient (Wildman–Crippen LogP) is 3.81. The van der Waals surface area contributed by atoms with Gasteiger partial charge in [0.05, 0.1) is 0 Å². The van der Waals surface area contributed by atoms with Crippen LogP contribution in [0, 0.1) is 0 Å². The fraction of sp³-hybridized carbons (Fsp3) is 0.647. The van der Waals surface area contributed by atoms with Gasteiger partial charge in [0, 0.05) is 13.1 Å². The average Bonchev–Trinajstić information content (AvgIpc) is 2.42. The van der Waals surface area contributed by atoms with Crippen molar-refractivity contribution in [2.24, 2.45) is 0 Å². The van der Waals surface area contributed by atoms with Gasteiger partial charge in [-0.2, -0.15) is 0 Å². The summed E-state index contributed by atoms with van der Waals surface area (Å²) in [5.41, 5.74) is 2.82. The van der Waals surface area contributed by atoms with Gasteiger partial charge in [0.2, 0.25) is 0 Å². The Kier molecular flexibility index (Phi) is 8.52. The van der Waals surface area contributed by atoms with Crippen LogP contribution in [-0.2, 0) is 13.1 Å². The number of hydrogen-bond donors (Lipinski definition) is 1. The van der Waals surface area contributed by atoms with Gasteiger partial charge in [-0.05, 0) is 50.0 Å². The van der Waals surface area contributed by atoms with E-state index >= 15 is 0 Å². The molecule has 0 saturated heterocycles. The lowest BCUT2D eigenvalue weighted by Gasteiger charge is -2.21. The molecular weight excluding hydrogens is 232 g/mol. The van der Waals surface area contributed by atoms with Crippen LogP contribution in [0.3, 0.4) is 0 Å². The van der Waals surface area contributed by atoms with Crippen molar-refractivity contribution in [2.75, 3.05) is 19.6 Å². The van der Waals surface area contributed by atoms with E-state index in [0.717, 1.165) is 19.6 Å². The lowest BCUT2D eigenvalue weighted by molar-refractivity contribution is 0.266. The molecule has 0 saturated carbocycles. The van der Waals surface area contributed by atoms with Crippen LogP contribution in [0.5, 0.6) is 0 Å². The van der Waals surface area contributed by atoms with Crippen LogP contribution in [0.2, 0.25) is 0 Å². The van der Waals surface area contributed by atoms with Crippen LogP contribution in [0.4, 0.5) is 0 Å². The first-order chi connectivity index (χ1) is 9.30. The summed E-state index contributed by atoms with van der Waals surface area (Å²) in [6, 6.07) is 9.07. The lowest BCUT2D eigenvalue weighted by Crippen LogP contribution is -2.24. The summed E-state index contributed by atoms with van der Waals surface area (Å²) in [7, 11) is 0. The first-order valence-electron chi connectivity index (χ1n) is 7.81. The van der Waals surface area contributed by atoms with Crippen LogP contribution in [0.1, 0.15) is 51.2 Å². The van der Waals surface area contributed by atoms with Crippen LogP contribution in [-0.4, -0.2) is 24.5 Å². The number of nitrogens with zero attached hydrogens (tertiary/aromatic N) is 1. The standard InChI is InChI=1S/C17H30N2/c1-4-11-18-14-16-7-9-17(10-8-16)15-19(12-5-2)13-6-3/h7-10,18H,4-6,11-15H2,1-3H3. The van der Waals surface area contributed by atoms with Gasteiger partial charge in [0.15, 0.2) is 0 Å². The molecule has 1 N–H and O–H groups in total. The van der Waals surface area contributed by atoms with Crippen molar-refractivity contribution in [1.29, 1.82) is 0 Å². The van der Waals surface area contributed by atoms with E-state index in [4.69, 9.17) is 0 Å². The molecule has 2 nitrogen and oxygen atoms in total. The molecule has 0 aliphatic heterocycles. The molecule has 2 heteroatoms. The van der Waals surface area contributed by atoms with Gasteiger partial charge in [-0.1, -0.05) is 45.0 Å². The molecule has 0 spiro atoms. The summed E-state index contributed by atoms with van der Waals surface area (Å²) in [5, 5.41) is 3.44. The largest absolute Gasteiger partial charge is 0.313 e. The highest BCUT2D eigenvalue weighted by Gasteiger charge is 2.03. The SMILES string of the molecule is CCCNCc1ccc(CN(CCC)CCC)cc1. The number of benzene rings is 1. The summed E-state index contributed by atoms with van der Waals surface area (Å²) in [6.07, 6.45) is 3.67. The van der Waals surface area contributed by atoms with Crippen molar-refractivity contribution in [1.82, 2.24) is 10.2 Å². The molecule has 1 rings (SSSR count). The minimum absolute atomic E-state index is 0.988. The fourth-order valence-corrected chi connectivity index (χ4v) is 2.33. The molecule has 19 heavy (non-hydrogen) atoms. The molecule has 0 radical (unpaired) electrons. The Hall–Kier alpha value is -0.860. The van der Waals surface area contributed by atoms with Crippen LogP contribution in [0.15, 0.2) is 24.3 Å². The lowest BCUT2D eigenvalue weighted by atomic mass is 10.1. The molecule has 0 fully saturated rings. The van der Waals surface area contributed by atoms with Crippen molar-refractivity contribution in [3.8, 4) is 0 Å². The molecule has 0 aliphatic carbocycles. The second kappa shape index (κ2) is 9.99. The fourth-order valence-electron chi connectivity index (χ4n) is 2.33. The van der Waals surface area contributed by atoms with Gasteiger partial charge in [-0.3, -0.25) is 4.90 Å². The Morgan fingerprint density at radius 3 is 1.95 bits per heavy atom. The molecule has 1 aromatic rings. The first kappa shape index (κ1) is 16.2. The van der Waals surface area contributed by atoms with E-state index in [-0.39, 0.29) is 0 Å². The van der Waals surface area contributed by atoms with Crippen molar-refractivity contribution >= 4 is 0 Å². The number of nitrogens with one attached hydrogen (secondary N) is 1. The third kappa shape index (κ3) is 6.74. The number of hydrogen-bond acceptors (Lipinski definition) is 2. The quantitative estimate of drug-likeness (QED) is 0.645. The summed E-state index contributed by atoms with van der Waals surface area (Å²) < 4.78 is 0. The molecule has 0 amide bonds. The highest BCUT2D eigenvalue weighted by atomic mass is 15.1. The van der Waals surface area contributed by atoms with E-state index in [2.05, 4.69) is 55.3 Å². The molecule has 0 aliphatic rings. The van der Waals surface area contributed by atoms with Crippen molar-refractivity contribution in [3.63, 3.8) is 0 Å². The van der Waals surface area contributed by atoms with E-state index in [1.165, 1.54) is 43.5 Å². The van der Waals surface area contributed by atoms with Crippen molar-refractivity contribution < 1.29 is 0 Å². The normalized spacial score (nSPS) is 11.2. The highest BCUT2D eigenvalue weighted by molar-refractivity contribution is 5.22. The summed E-state index contributed by atoms with van der Waals surface area (Å²) >= 11 is 0. The third-order valence-electron chi connectivity index (χ3n) is 3.26. The predicted molar refractivity (Wildman–Crippen MR) is 84.3 cm³/mol. The van der Waals surface area contributed by atoms with E-state index in [1.54, 1.807) is 0 Å². The summed E-state index contributed by atoms with van der Waals surface area (Å²) in [5.74, 6) is 0. The maximum atomic E-state index is 3.44. The van der Waals surface area contributed by atoms with Gasteiger partial charge in [-0.25, -0.2) is 0 Å². The minimum atomic E-state index is 0.988. The Morgan fingerprint density at radius 1 is 0.842 bits per heavy atom. The second-order valence-electron chi connectivity index (χ2n) is 5.27. The van der Waals surface area contributed by atoms with E-state index in [1.807, 2.05) is 0 Å². The van der Waals surface area contributed by atoms with Gasteiger partial charge < -0.3 is 5.32 Å². The molecule has 0 unspecified atom stereocenters. The van der Waals surface area contributed by atoms with Crippen LogP contribution >= 0.6 is 0 Å². The number of rotatable bonds is 10. The van der Waals surface area contributed by atoms with E-state index < -0.39 is 0 Å². The topological polar surface area (TPSA) is 15.3 Å². The Labute approximate surface area is 119 Å². The minimum Gasteiger partial charge on any atom is -0.313 e. The van der Waals surface area contributed by atoms with Gasteiger partial charge in [-0.15, -0.1) is 0 Å². The molecule has 0 bridgehead atoms. The zero-order valence-corrected chi connectivity index (χ0v) is 12.9. The van der Waals surface area contributed by atoms with Gasteiger partial charge in [0.1, 0.15) is 0 Å². The van der Waals surface area contributed by atoms with E-state index in [9.17, 15) is 0 Å². The molecule has 0 heterocycles. The van der Waals surface area contributed by atoms with Gasteiger partial charge >= 0.3 is 0 Å². The van der Waals surface area contributed by atoms with Crippen molar-refractivity contribution in [3.05, 3.63) is 35.4 Å². The Bertz CT molecular complexity index is 313. The Morgan fingerprint density at radius 2 is 1.42 bits per heavy atom. The van der Waals surface area contributed by atoms with Crippen molar-refractivity contribution in [2.45, 2.75) is 53.1 Å². The summed E-state index contributed by atoms with van der Waals surface area (Å²) in [6.45, 7) is 12.3. The molecular formula is C17H30N2. The van der Waals surface area contributed by atoms with Crippen LogP contribution in [0.25, 0.3) is 0 Å². The monoisotopic (exact) mass is 262 g/mol. The average molecular weight is 262 g/mol. The molecule has 0 aromatic heterocycles. The Balaban J connectivity index is 2.45. The zero-order valence-electron chi connectivity index (χ0n) is 12.9. The zero-order chi connectivity index (χ0) is 13.9. The maximum absolute atomic E-state index is 3.44. The van der Waals surface area contributed by atoms with Crippen LogP contribution < -0.4 is 5.32 Å². The molecule has 108 valence electrons. The third-order valence-corrected chi connectivity index (χ3v) is 3.26. The maximum Gasteiger partial charge on any atom is 0.0233 e. The second-order valence-corrected chi connectivity index (χ2v) is 5.27. The van der Waals surface area contributed by atoms with E-state index in [0.29, 0.717) is 0 Å².